The SMILES string of the molecule is CC(C)(C)OC(=O)[C@H]1[C@@H](c2ccccc2)N1Cc1ccccc1. The number of esters is 1. The van der Waals surface area contributed by atoms with Crippen LogP contribution in [0.1, 0.15) is 37.9 Å². The molecule has 1 heterocycles. The molecule has 1 aliphatic rings. The molecule has 0 saturated carbocycles. The van der Waals surface area contributed by atoms with E-state index in [-0.39, 0.29) is 18.1 Å². The molecule has 2 aromatic rings. The van der Waals surface area contributed by atoms with Crippen LogP contribution in [-0.4, -0.2) is 22.5 Å². The van der Waals surface area contributed by atoms with E-state index in [1.54, 1.807) is 0 Å². The van der Waals surface area contributed by atoms with Crippen molar-refractivity contribution < 1.29 is 9.53 Å². The lowest BCUT2D eigenvalue weighted by atomic mass is 10.1. The average Bonchev–Trinajstić information content (AvgIpc) is 3.21. The maximum atomic E-state index is 12.5. The zero-order chi connectivity index (χ0) is 16.4. The van der Waals surface area contributed by atoms with Crippen molar-refractivity contribution in [3.8, 4) is 0 Å². The van der Waals surface area contributed by atoms with Crippen LogP contribution < -0.4 is 0 Å². The fraction of sp³-hybridized carbons (Fsp3) is 0.350. The molecule has 3 nitrogen and oxygen atoms in total. The molecule has 3 heteroatoms. The maximum absolute atomic E-state index is 12.5. The molecule has 0 bridgehead atoms. The molecule has 0 N–H and O–H groups in total. The largest absolute Gasteiger partial charge is 0.459 e. The molecule has 23 heavy (non-hydrogen) atoms. The number of carbonyl (C=O) groups excluding carboxylic acids is 1. The molecular formula is C20H23NO2. The van der Waals surface area contributed by atoms with Crippen molar-refractivity contribution in [2.45, 2.75) is 45.0 Å². The van der Waals surface area contributed by atoms with Gasteiger partial charge in [0.15, 0.2) is 0 Å². The Morgan fingerprint density at radius 1 is 1.00 bits per heavy atom. The van der Waals surface area contributed by atoms with E-state index in [1.807, 2.05) is 57.2 Å². The first kappa shape index (κ1) is 15.8. The molecule has 0 aromatic heterocycles. The minimum atomic E-state index is -0.459. The smallest absolute Gasteiger partial charge is 0.325 e. The Bertz CT molecular complexity index is 661. The summed E-state index contributed by atoms with van der Waals surface area (Å²) in [7, 11) is 0. The highest BCUT2D eigenvalue weighted by molar-refractivity contribution is 5.81. The fourth-order valence-corrected chi connectivity index (χ4v) is 2.92. The number of hydrogen-bond donors (Lipinski definition) is 0. The van der Waals surface area contributed by atoms with E-state index in [2.05, 4.69) is 29.2 Å². The predicted octanol–water partition coefficient (Wildman–Crippen LogP) is 3.95. The molecule has 1 unspecified atom stereocenters. The van der Waals surface area contributed by atoms with E-state index in [1.165, 1.54) is 11.1 Å². The van der Waals surface area contributed by atoms with Crippen molar-refractivity contribution in [1.82, 2.24) is 4.90 Å². The maximum Gasteiger partial charge on any atom is 0.325 e. The summed E-state index contributed by atoms with van der Waals surface area (Å²) in [4.78, 5) is 14.7. The first-order valence-electron chi connectivity index (χ1n) is 8.03. The van der Waals surface area contributed by atoms with Crippen LogP contribution in [0.5, 0.6) is 0 Å². The molecule has 3 atom stereocenters. The van der Waals surface area contributed by atoms with Crippen LogP contribution in [0, 0.1) is 0 Å². The van der Waals surface area contributed by atoms with Gasteiger partial charge in [0.25, 0.3) is 0 Å². The summed E-state index contributed by atoms with van der Waals surface area (Å²) < 4.78 is 5.60. The highest BCUT2D eigenvalue weighted by Crippen LogP contribution is 2.45. The zero-order valence-corrected chi connectivity index (χ0v) is 13.9. The second-order valence-electron chi connectivity index (χ2n) is 6.99. The molecule has 1 fully saturated rings. The van der Waals surface area contributed by atoms with Crippen molar-refractivity contribution in [3.63, 3.8) is 0 Å². The topological polar surface area (TPSA) is 29.3 Å². The van der Waals surface area contributed by atoms with Gasteiger partial charge in [-0.2, -0.15) is 0 Å². The number of nitrogens with zero attached hydrogens (tertiary/aromatic N) is 1. The lowest BCUT2D eigenvalue weighted by Gasteiger charge is -2.19. The second-order valence-corrected chi connectivity index (χ2v) is 6.99. The number of benzene rings is 2. The van der Waals surface area contributed by atoms with Gasteiger partial charge in [-0.3, -0.25) is 9.69 Å². The first-order valence-corrected chi connectivity index (χ1v) is 8.03. The normalized spacial score (nSPS) is 23.3. The van der Waals surface area contributed by atoms with Crippen molar-refractivity contribution in [3.05, 3.63) is 71.8 Å². The third-order valence-corrected chi connectivity index (χ3v) is 3.92. The van der Waals surface area contributed by atoms with Crippen LogP contribution in [0.4, 0.5) is 0 Å². The molecule has 1 saturated heterocycles. The van der Waals surface area contributed by atoms with E-state index >= 15 is 0 Å². The molecule has 0 aliphatic carbocycles. The van der Waals surface area contributed by atoms with Crippen LogP contribution in [0.25, 0.3) is 0 Å². The van der Waals surface area contributed by atoms with E-state index in [4.69, 9.17) is 4.74 Å². The van der Waals surface area contributed by atoms with Crippen LogP contribution in [0.2, 0.25) is 0 Å². The van der Waals surface area contributed by atoms with Gasteiger partial charge in [-0.15, -0.1) is 0 Å². The molecule has 0 amide bonds. The highest BCUT2D eigenvalue weighted by atomic mass is 16.6. The third kappa shape index (κ3) is 3.80. The zero-order valence-electron chi connectivity index (χ0n) is 13.9. The number of hydrogen-bond acceptors (Lipinski definition) is 3. The molecule has 2 aromatic carbocycles. The molecule has 0 radical (unpaired) electrons. The number of ether oxygens (including phenoxy) is 1. The van der Waals surface area contributed by atoms with Crippen molar-refractivity contribution in [2.75, 3.05) is 0 Å². The van der Waals surface area contributed by atoms with Crippen LogP contribution >= 0.6 is 0 Å². The standard InChI is InChI=1S/C20H23NO2/c1-20(2,3)23-19(22)18-17(16-12-8-5-9-13-16)21(18)14-15-10-6-4-7-11-15/h4-13,17-18H,14H2,1-3H3/t17-,18-,21?/m1/s1. The lowest BCUT2D eigenvalue weighted by Crippen LogP contribution is -2.28. The minimum Gasteiger partial charge on any atom is -0.459 e. The Hall–Kier alpha value is -2.13. The molecular weight excluding hydrogens is 286 g/mol. The molecule has 0 spiro atoms. The summed E-state index contributed by atoms with van der Waals surface area (Å²) in [5, 5.41) is 0. The summed E-state index contributed by atoms with van der Waals surface area (Å²) in [6.45, 7) is 6.48. The summed E-state index contributed by atoms with van der Waals surface area (Å²) in [6, 6.07) is 20.3. The Morgan fingerprint density at radius 2 is 1.57 bits per heavy atom. The van der Waals surface area contributed by atoms with Gasteiger partial charge in [0.2, 0.25) is 0 Å². The number of carbonyl (C=O) groups is 1. The Balaban J connectivity index is 1.79. The van der Waals surface area contributed by atoms with Crippen molar-refractivity contribution >= 4 is 5.97 Å². The number of rotatable bonds is 4. The van der Waals surface area contributed by atoms with E-state index < -0.39 is 5.60 Å². The Morgan fingerprint density at radius 3 is 2.13 bits per heavy atom. The molecule has 3 rings (SSSR count). The van der Waals surface area contributed by atoms with Crippen molar-refractivity contribution in [1.29, 1.82) is 0 Å². The van der Waals surface area contributed by atoms with Gasteiger partial charge in [0.1, 0.15) is 11.6 Å². The van der Waals surface area contributed by atoms with Crippen molar-refractivity contribution in [2.24, 2.45) is 0 Å². The quantitative estimate of drug-likeness (QED) is 0.632. The second kappa shape index (κ2) is 6.17. The van der Waals surface area contributed by atoms with Gasteiger partial charge in [-0.1, -0.05) is 60.7 Å². The predicted molar refractivity (Wildman–Crippen MR) is 90.8 cm³/mol. The monoisotopic (exact) mass is 309 g/mol. The van der Waals surface area contributed by atoms with E-state index in [0.717, 1.165) is 6.54 Å². The van der Waals surface area contributed by atoms with Gasteiger partial charge in [-0.05, 0) is 31.9 Å². The fourth-order valence-electron chi connectivity index (χ4n) is 2.92. The Labute approximate surface area is 137 Å². The van der Waals surface area contributed by atoms with Gasteiger partial charge in [0, 0.05) is 6.54 Å². The van der Waals surface area contributed by atoms with Crippen LogP contribution in [0.15, 0.2) is 60.7 Å². The van der Waals surface area contributed by atoms with Crippen LogP contribution in [-0.2, 0) is 16.1 Å². The summed E-state index contributed by atoms with van der Waals surface area (Å²) in [6.07, 6.45) is 0. The lowest BCUT2D eigenvalue weighted by molar-refractivity contribution is -0.155. The molecule has 120 valence electrons. The third-order valence-electron chi connectivity index (χ3n) is 3.92. The van der Waals surface area contributed by atoms with Gasteiger partial charge in [-0.25, -0.2) is 0 Å². The van der Waals surface area contributed by atoms with Gasteiger partial charge < -0.3 is 4.74 Å². The average molecular weight is 309 g/mol. The highest BCUT2D eigenvalue weighted by Gasteiger charge is 2.54. The van der Waals surface area contributed by atoms with E-state index in [0.29, 0.717) is 0 Å². The minimum absolute atomic E-state index is 0.103. The summed E-state index contributed by atoms with van der Waals surface area (Å²) in [5.41, 5.74) is 1.91. The first-order chi connectivity index (χ1) is 11.0. The van der Waals surface area contributed by atoms with Crippen LogP contribution in [0.3, 0.4) is 0 Å². The van der Waals surface area contributed by atoms with E-state index in [9.17, 15) is 4.79 Å². The Kier molecular flexibility index (Phi) is 4.22. The molecule has 1 aliphatic heterocycles. The van der Waals surface area contributed by atoms with Gasteiger partial charge in [0.05, 0.1) is 6.04 Å². The summed E-state index contributed by atoms with van der Waals surface area (Å²) >= 11 is 0. The van der Waals surface area contributed by atoms with Gasteiger partial charge >= 0.3 is 5.97 Å². The summed E-state index contributed by atoms with van der Waals surface area (Å²) in [5.74, 6) is -0.137.